The Morgan fingerprint density at radius 1 is 1.32 bits per heavy atom. The Morgan fingerprint density at radius 2 is 2.00 bits per heavy atom. The maximum Gasteiger partial charge on any atom is 0.256 e. The molecular formula is C15H22N2O2. The van der Waals surface area contributed by atoms with E-state index in [4.69, 9.17) is 0 Å². The van der Waals surface area contributed by atoms with Crippen molar-refractivity contribution in [1.82, 2.24) is 4.90 Å². The molecule has 0 radical (unpaired) electrons. The van der Waals surface area contributed by atoms with Gasteiger partial charge in [0.05, 0.1) is 17.7 Å². The van der Waals surface area contributed by atoms with Crippen LogP contribution in [0.3, 0.4) is 0 Å². The van der Waals surface area contributed by atoms with Gasteiger partial charge in [0.25, 0.3) is 5.91 Å². The minimum Gasteiger partial charge on any atom is -0.391 e. The van der Waals surface area contributed by atoms with Crippen molar-refractivity contribution in [1.29, 1.82) is 0 Å². The van der Waals surface area contributed by atoms with E-state index in [0.717, 1.165) is 31.4 Å². The number of anilines is 1. The summed E-state index contributed by atoms with van der Waals surface area (Å²) in [4.78, 5) is 14.2. The first kappa shape index (κ1) is 13.9. The van der Waals surface area contributed by atoms with Crippen LogP contribution in [0.5, 0.6) is 0 Å². The van der Waals surface area contributed by atoms with Crippen LogP contribution >= 0.6 is 0 Å². The van der Waals surface area contributed by atoms with Gasteiger partial charge in [-0.05, 0) is 25.0 Å². The fraction of sp³-hybridized carbons (Fsp3) is 0.533. The van der Waals surface area contributed by atoms with Gasteiger partial charge in [0, 0.05) is 19.8 Å². The molecule has 1 aliphatic rings. The first-order valence-corrected chi connectivity index (χ1v) is 6.87. The lowest BCUT2D eigenvalue weighted by atomic mass is 9.91. The summed E-state index contributed by atoms with van der Waals surface area (Å²) in [6.45, 7) is 0. The van der Waals surface area contributed by atoms with Gasteiger partial charge in [0.1, 0.15) is 0 Å². The number of likely N-dealkylation sites (N-methyl/N-ethyl adjacent to an activating group) is 1. The van der Waals surface area contributed by atoms with Gasteiger partial charge in [-0.2, -0.15) is 0 Å². The van der Waals surface area contributed by atoms with E-state index in [1.54, 1.807) is 11.9 Å². The Labute approximate surface area is 114 Å². The first-order chi connectivity index (χ1) is 9.15. The lowest BCUT2D eigenvalue weighted by Crippen LogP contribution is -2.46. The van der Waals surface area contributed by atoms with Crippen molar-refractivity contribution in [3.63, 3.8) is 0 Å². The zero-order valence-electron chi connectivity index (χ0n) is 11.6. The minimum atomic E-state index is -0.399. The SMILES string of the molecule is CNc1ccccc1C(=O)N(C)C1CCCCC1O. The van der Waals surface area contributed by atoms with Gasteiger partial charge in [-0.15, -0.1) is 0 Å². The number of aliphatic hydroxyl groups excluding tert-OH is 1. The van der Waals surface area contributed by atoms with Crippen LogP contribution in [0.2, 0.25) is 0 Å². The Morgan fingerprint density at radius 3 is 2.68 bits per heavy atom. The van der Waals surface area contributed by atoms with Gasteiger partial charge >= 0.3 is 0 Å². The summed E-state index contributed by atoms with van der Waals surface area (Å²) in [5.74, 6) is -0.0316. The first-order valence-electron chi connectivity index (χ1n) is 6.87. The number of carbonyl (C=O) groups is 1. The molecule has 1 fully saturated rings. The average Bonchev–Trinajstić information content (AvgIpc) is 2.46. The van der Waals surface area contributed by atoms with Gasteiger partial charge < -0.3 is 15.3 Å². The molecule has 0 heterocycles. The normalized spacial score (nSPS) is 22.9. The molecule has 1 saturated carbocycles. The molecule has 2 atom stereocenters. The predicted octanol–water partition coefficient (Wildman–Crippen LogP) is 2.10. The van der Waals surface area contributed by atoms with Crippen LogP contribution in [0, 0.1) is 0 Å². The molecule has 1 amide bonds. The summed E-state index contributed by atoms with van der Waals surface area (Å²) in [6.07, 6.45) is 3.39. The lowest BCUT2D eigenvalue weighted by Gasteiger charge is -2.35. The zero-order chi connectivity index (χ0) is 13.8. The fourth-order valence-electron chi connectivity index (χ4n) is 2.77. The molecule has 19 heavy (non-hydrogen) atoms. The molecule has 0 aliphatic heterocycles. The highest BCUT2D eigenvalue weighted by Gasteiger charge is 2.30. The van der Waals surface area contributed by atoms with E-state index < -0.39 is 6.10 Å². The van der Waals surface area contributed by atoms with Crippen LogP contribution in [0.15, 0.2) is 24.3 Å². The van der Waals surface area contributed by atoms with Crippen LogP contribution in [0.4, 0.5) is 5.69 Å². The third kappa shape index (κ3) is 2.89. The Balaban J connectivity index is 2.18. The van der Waals surface area contributed by atoms with Crippen molar-refractivity contribution in [3.8, 4) is 0 Å². The highest BCUT2D eigenvalue weighted by atomic mass is 16.3. The summed E-state index contributed by atoms with van der Waals surface area (Å²) >= 11 is 0. The predicted molar refractivity (Wildman–Crippen MR) is 76.3 cm³/mol. The third-order valence-electron chi connectivity index (χ3n) is 3.94. The van der Waals surface area contributed by atoms with E-state index in [9.17, 15) is 9.90 Å². The Kier molecular flexibility index (Phi) is 4.43. The molecule has 0 saturated heterocycles. The van der Waals surface area contributed by atoms with Gasteiger partial charge in [-0.3, -0.25) is 4.79 Å². The second kappa shape index (κ2) is 6.06. The van der Waals surface area contributed by atoms with E-state index in [1.165, 1.54) is 0 Å². The zero-order valence-corrected chi connectivity index (χ0v) is 11.6. The number of amides is 1. The molecule has 1 aromatic carbocycles. The number of aliphatic hydroxyl groups is 1. The second-order valence-electron chi connectivity index (χ2n) is 5.13. The highest BCUT2D eigenvalue weighted by Crippen LogP contribution is 2.25. The molecule has 0 spiro atoms. The number of hydrogen-bond donors (Lipinski definition) is 2. The third-order valence-corrected chi connectivity index (χ3v) is 3.94. The van der Waals surface area contributed by atoms with Crippen LogP contribution in [0.25, 0.3) is 0 Å². The number of benzene rings is 1. The van der Waals surface area contributed by atoms with Gasteiger partial charge in [-0.1, -0.05) is 25.0 Å². The van der Waals surface area contributed by atoms with E-state index in [-0.39, 0.29) is 11.9 Å². The summed E-state index contributed by atoms with van der Waals surface area (Å²) < 4.78 is 0. The molecule has 1 aliphatic carbocycles. The van der Waals surface area contributed by atoms with Crippen LogP contribution in [-0.2, 0) is 0 Å². The molecule has 1 aromatic rings. The van der Waals surface area contributed by atoms with E-state index >= 15 is 0 Å². The number of nitrogens with one attached hydrogen (secondary N) is 1. The summed E-state index contributed by atoms with van der Waals surface area (Å²) in [5.41, 5.74) is 1.48. The molecule has 104 valence electrons. The van der Waals surface area contributed by atoms with Crippen LogP contribution in [-0.4, -0.2) is 42.2 Å². The molecule has 2 rings (SSSR count). The van der Waals surface area contributed by atoms with Crippen molar-refractivity contribution >= 4 is 11.6 Å². The van der Waals surface area contributed by atoms with Crippen molar-refractivity contribution in [2.45, 2.75) is 37.8 Å². The molecule has 2 N–H and O–H groups in total. The maximum absolute atomic E-state index is 12.5. The van der Waals surface area contributed by atoms with Gasteiger partial charge in [0.15, 0.2) is 0 Å². The molecule has 4 heteroatoms. The molecule has 0 aromatic heterocycles. The minimum absolute atomic E-state index is 0.0316. The molecule has 0 bridgehead atoms. The fourth-order valence-corrected chi connectivity index (χ4v) is 2.77. The molecular weight excluding hydrogens is 240 g/mol. The van der Waals surface area contributed by atoms with Crippen LogP contribution in [0.1, 0.15) is 36.0 Å². The number of para-hydroxylation sites is 1. The van der Waals surface area contributed by atoms with Crippen molar-refractivity contribution < 1.29 is 9.90 Å². The van der Waals surface area contributed by atoms with E-state index in [1.807, 2.05) is 31.3 Å². The largest absolute Gasteiger partial charge is 0.391 e. The Hall–Kier alpha value is -1.55. The van der Waals surface area contributed by atoms with Crippen molar-refractivity contribution in [2.75, 3.05) is 19.4 Å². The maximum atomic E-state index is 12.5. The highest BCUT2D eigenvalue weighted by molar-refractivity contribution is 5.99. The monoisotopic (exact) mass is 262 g/mol. The smallest absolute Gasteiger partial charge is 0.256 e. The summed E-state index contributed by atoms with van der Waals surface area (Å²) in [7, 11) is 3.59. The quantitative estimate of drug-likeness (QED) is 0.877. The number of carbonyl (C=O) groups excluding carboxylic acids is 1. The number of hydrogen-bond acceptors (Lipinski definition) is 3. The lowest BCUT2D eigenvalue weighted by molar-refractivity contribution is 0.0268. The van der Waals surface area contributed by atoms with E-state index in [2.05, 4.69) is 5.32 Å². The van der Waals surface area contributed by atoms with Crippen molar-refractivity contribution in [3.05, 3.63) is 29.8 Å². The standard InChI is InChI=1S/C15H22N2O2/c1-16-12-8-4-3-7-11(12)15(19)17(2)13-9-5-6-10-14(13)18/h3-4,7-8,13-14,16,18H,5-6,9-10H2,1-2H3. The Bertz CT molecular complexity index is 448. The molecule has 2 unspecified atom stereocenters. The summed E-state index contributed by atoms with van der Waals surface area (Å²) in [5, 5.41) is 13.1. The number of rotatable bonds is 3. The summed E-state index contributed by atoms with van der Waals surface area (Å²) in [6, 6.07) is 7.40. The average molecular weight is 262 g/mol. The number of nitrogens with zero attached hydrogens (tertiary/aromatic N) is 1. The van der Waals surface area contributed by atoms with E-state index in [0.29, 0.717) is 5.56 Å². The van der Waals surface area contributed by atoms with Crippen LogP contribution < -0.4 is 5.32 Å². The van der Waals surface area contributed by atoms with Crippen molar-refractivity contribution in [2.24, 2.45) is 0 Å². The second-order valence-corrected chi connectivity index (χ2v) is 5.13. The van der Waals surface area contributed by atoms with Gasteiger partial charge in [0.2, 0.25) is 0 Å². The topological polar surface area (TPSA) is 52.6 Å². The van der Waals surface area contributed by atoms with Gasteiger partial charge in [-0.25, -0.2) is 0 Å². The molecule has 4 nitrogen and oxygen atoms in total.